The molecular formula is C14H20Br2N2O. The Labute approximate surface area is 131 Å². The number of halogens is 2. The maximum atomic E-state index is 5.99. The first-order valence-corrected chi connectivity index (χ1v) is 8.12. The summed E-state index contributed by atoms with van der Waals surface area (Å²) in [6.45, 7) is 3.67. The third kappa shape index (κ3) is 3.79. The first-order chi connectivity index (χ1) is 9.15. The van der Waals surface area contributed by atoms with Crippen LogP contribution >= 0.6 is 31.9 Å². The molecule has 1 fully saturated rings. The first-order valence-electron chi connectivity index (χ1n) is 6.53. The van der Waals surface area contributed by atoms with Crippen LogP contribution in [0.2, 0.25) is 0 Å². The fourth-order valence-corrected chi connectivity index (χ4v) is 3.38. The van der Waals surface area contributed by atoms with Crippen molar-refractivity contribution in [1.29, 1.82) is 0 Å². The van der Waals surface area contributed by atoms with Gasteiger partial charge in [-0.05, 0) is 68.4 Å². The summed E-state index contributed by atoms with van der Waals surface area (Å²) in [5, 5.41) is 0. The van der Waals surface area contributed by atoms with E-state index in [-0.39, 0.29) is 0 Å². The van der Waals surface area contributed by atoms with Gasteiger partial charge in [0.2, 0.25) is 0 Å². The van der Waals surface area contributed by atoms with Crippen molar-refractivity contribution < 1.29 is 4.74 Å². The molecule has 0 amide bonds. The number of nitrogens with two attached hydrogens (primary N) is 1. The average molecular weight is 392 g/mol. The zero-order valence-electron chi connectivity index (χ0n) is 11.1. The zero-order chi connectivity index (χ0) is 13.8. The van der Waals surface area contributed by atoms with Crippen LogP contribution < -0.4 is 5.73 Å². The van der Waals surface area contributed by atoms with E-state index in [9.17, 15) is 0 Å². The summed E-state index contributed by atoms with van der Waals surface area (Å²) in [5.74, 6) is 0.637. The third-order valence-corrected chi connectivity index (χ3v) is 5.59. The highest BCUT2D eigenvalue weighted by atomic mass is 79.9. The van der Waals surface area contributed by atoms with Gasteiger partial charge in [0.15, 0.2) is 0 Å². The van der Waals surface area contributed by atoms with Gasteiger partial charge in [-0.1, -0.05) is 6.07 Å². The Hall–Kier alpha value is 0.0600. The summed E-state index contributed by atoms with van der Waals surface area (Å²) in [5.41, 5.74) is 7.27. The lowest BCUT2D eigenvalue weighted by Crippen LogP contribution is -2.32. The summed E-state index contributed by atoms with van der Waals surface area (Å²) in [7, 11) is 1.77. The molecule has 1 aromatic rings. The van der Waals surface area contributed by atoms with Crippen molar-refractivity contribution >= 4 is 31.9 Å². The van der Waals surface area contributed by atoms with Crippen molar-refractivity contribution in [2.24, 2.45) is 11.7 Å². The van der Waals surface area contributed by atoms with Crippen molar-refractivity contribution in [3.8, 4) is 0 Å². The minimum absolute atomic E-state index is 0.297. The largest absolute Gasteiger partial charge is 0.384 e. The molecule has 1 heterocycles. The SMILES string of the molecule is COCC1CCN(C(CN)c2ccc(Br)c(Br)c2)C1. The Morgan fingerprint density at radius 2 is 2.21 bits per heavy atom. The molecule has 0 aliphatic carbocycles. The molecule has 2 atom stereocenters. The first kappa shape index (κ1) is 15.4. The van der Waals surface area contributed by atoms with Crippen LogP contribution in [0.15, 0.2) is 27.1 Å². The second-order valence-electron chi connectivity index (χ2n) is 5.03. The smallest absolute Gasteiger partial charge is 0.0503 e. The van der Waals surface area contributed by atoms with Gasteiger partial charge < -0.3 is 10.5 Å². The van der Waals surface area contributed by atoms with Crippen molar-refractivity contribution in [1.82, 2.24) is 4.90 Å². The number of nitrogens with zero attached hydrogens (tertiary/aromatic N) is 1. The molecule has 2 unspecified atom stereocenters. The van der Waals surface area contributed by atoms with E-state index in [1.54, 1.807) is 7.11 Å². The van der Waals surface area contributed by atoms with E-state index in [1.807, 2.05) is 0 Å². The van der Waals surface area contributed by atoms with Gasteiger partial charge in [0.1, 0.15) is 0 Å². The number of hydrogen-bond acceptors (Lipinski definition) is 3. The van der Waals surface area contributed by atoms with E-state index in [1.165, 1.54) is 12.0 Å². The lowest BCUT2D eigenvalue weighted by molar-refractivity contribution is 0.147. The average Bonchev–Trinajstić information content (AvgIpc) is 2.83. The van der Waals surface area contributed by atoms with E-state index in [0.29, 0.717) is 18.5 Å². The van der Waals surface area contributed by atoms with Crippen molar-refractivity contribution in [2.75, 3.05) is 33.4 Å². The molecule has 2 rings (SSSR count). The normalized spacial score (nSPS) is 21.8. The number of ether oxygens (including phenoxy) is 1. The Kier molecular flexibility index (Phi) is 5.84. The molecule has 1 aliphatic rings. The molecule has 1 saturated heterocycles. The molecule has 0 aromatic heterocycles. The van der Waals surface area contributed by atoms with Gasteiger partial charge in [-0.3, -0.25) is 4.90 Å². The molecule has 0 bridgehead atoms. The van der Waals surface area contributed by atoms with Crippen molar-refractivity contribution in [3.63, 3.8) is 0 Å². The van der Waals surface area contributed by atoms with Gasteiger partial charge in [0.25, 0.3) is 0 Å². The summed E-state index contributed by atoms with van der Waals surface area (Å²) >= 11 is 7.07. The van der Waals surface area contributed by atoms with Gasteiger partial charge in [0.05, 0.1) is 6.61 Å². The molecule has 0 radical (unpaired) electrons. The van der Waals surface area contributed by atoms with Gasteiger partial charge in [-0.15, -0.1) is 0 Å². The predicted octanol–water partition coefficient (Wildman–Crippen LogP) is 3.18. The summed E-state index contributed by atoms with van der Waals surface area (Å²) < 4.78 is 7.41. The van der Waals surface area contributed by atoms with Crippen molar-refractivity contribution in [3.05, 3.63) is 32.7 Å². The fraction of sp³-hybridized carbons (Fsp3) is 0.571. The summed E-state index contributed by atoms with van der Waals surface area (Å²) in [6.07, 6.45) is 1.20. The van der Waals surface area contributed by atoms with Crippen LogP contribution in [0.5, 0.6) is 0 Å². The number of methoxy groups -OCH3 is 1. The van der Waals surface area contributed by atoms with Gasteiger partial charge in [-0.2, -0.15) is 0 Å². The van der Waals surface area contributed by atoms with E-state index in [0.717, 1.165) is 28.6 Å². The predicted molar refractivity (Wildman–Crippen MR) is 85.2 cm³/mol. The quantitative estimate of drug-likeness (QED) is 0.837. The fourth-order valence-electron chi connectivity index (χ4n) is 2.73. The van der Waals surface area contributed by atoms with Crippen LogP contribution in [-0.4, -0.2) is 38.3 Å². The molecule has 106 valence electrons. The molecule has 0 saturated carbocycles. The van der Waals surface area contributed by atoms with Crippen molar-refractivity contribution in [2.45, 2.75) is 12.5 Å². The number of benzene rings is 1. The van der Waals surface area contributed by atoms with Crippen LogP contribution in [-0.2, 0) is 4.74 Å². The van der Waals surface area contributed by atoms with E-state index < -0.39 is 0 Å². The molecule has 1 aliphatic heterocycles. The van der Waals surface area contributed by atoms with Gasteiger partial charge in [-0.25, -0.2) is 0 Å². The lowest BCUT2D eigenvalue weighted by atomic mass is 10.1. The molecule has 0 spiro atoms. The number of hydrogen-bond donors (Lipinski definition) is 1. The lowest BCUT2D eigenvalue weighted by Gasteiger charge is -2.27. The van der Waals surface area contributed by atoms with Gasteiger partial charge >= 0.3 is 0 Å². The molecule has 2 N–H and O–H groups in total. The minimum atomic E-state index is 0.297. The minimum Gasteiger partial charge on any atom is -0.384 e. The number of likely N-dealkylation sites (tertiary alicyclic amines) is 1. The standard InChI is InChI=1S/C14H20Br2N2O/c1-19-9-10-4-5-18(8-10)14(7-17)11-2-3-12(15)13(16)6-11/h2-3,6,10,14H,4-5,7-9,17H2,1H3. The number of rotatable bonds is 5. The maximum Gasteiger partial charge on any atom is 0.0503 e. The summed E-state index contributed by atoms with van der Waals surface area (Å²) in [6, 6.07) is 6.68. The Bertz CT molecular complexity index is 428. The molecule has 19 heavy (non-hydrogen) atoms. The Morgan fingerprint density at radius 3 is 2.84 bits per heavy atom. The third-order valence-electron chi connectivity index (χ3n) is 3.71. The highest BCUT2D eigenvalue weighted by molar-refractivity contribution is 9.13. The van der Waals surface area contributed by atoms with Crippen LogP contribution in [0.1, 0.15) is 18.0 Å². The highest BCUT2D eigenvalue weighted by Crippen LogP contribution is 2.31. The van der Waals surface area contributed by atoms with E-state index in [4.69, 9.17) is 10.5 Å². The summed E-state index contributed by atoms with van der Waals surface area (Å²) in [4.78, 5) is 2.47. The highest BCUT2D eigenvalue weighted by Gasteiger charge is 2.28. The second-order valence-corrected chi connectivity index (χ2v) is 6.74. The molecular weight excluding hydrogens is 372 g/mol. The Balaban J connectivity index is 2.09. The molecule has 1 aromatic carbocycles. The molecule has 5 heteroatoms. The van der Waals surface area contributed by atoms with E-state index in [2.05, 4.69) is 55.0 Å². The monoisotopic (exact) mass is 390 g/mol. The topological polar surface area (TPSA) is 38.5 Å². The van der Waals surface area contributed by atoms with Crippen LogP contribution in [0.25, 0.3) is 0 Å². The van der Waals surface area contributed by atoms with Gasteiger partial charge in [0, 0.05) is 35.2 Å². The zero-order valence-corrected chi connectivity index (χ0v) is 14.3. The van der Waals surface area contributed by atoms with Crippen LogP contribution in [0.3, 0.4) is 0 Å². The van der Waals surface area contributed by atoms with Crippen LogP contribution in [0.4, 0.5) is 0 Å². The maximum absolute atomic E-state index is 5.99. The van der Waals surface area contributed by atoms with E-state index >= 15 is 0 Å². The molecule has 3 nitrogen and oxygen atoms in total. The van der Waals surface area contributed by atoms with Crippen LogP contribution in [0, 0.1) is 5.92 Å². The Morgan fingerprint density at radius 1 is 1.42 bits per heavy atom. The second kappa shape index (κ2) is 7.18.